The third-order valence-corrected chi connectivity index (χ3v) is 7.31. The Bertz CT molecular complexity index is 384. The molecular weight excluding hydrogens is 419 g/mol. The van der Waals surface area contributed by atoms with E-state index in [-0.39, 0.29) is 5.97 Å². The molecule has 0 atom stereocenters. The Hall–Kier alpha value is 0.297. The van der Waals surface area contributed by atoms with Gasteiger partial charge >= 0.3 is 12.0 Å². The summed E-state index contributed by atoms with van der Waals surface area (Å²) in [5, 5.41) is 0. The Labute approximate surface area is 182 Å². The van der Waals surface area contributed by atoms with Crippen molar-refractivity contribution in [3.63, 3.8) is 0 Å². The lowest BCUT2D eigenvalue weighted by molar-refractivity contribution is -0.139. The first-order valence-electron chi connectivity index (χ1n) is 10.7. The average Bonchev–Trinajstić information content (AvgIpc) is 2.59. The molecule has 0 aliphatic heterocycles. The molecule has 27 heavy (non-hydrogen) atoms. The molecule has 6 heteroatoms. The molecule has 0 heterocycles. The van der Waals surface area contributed by atoms with E-state index in [1.54, 1.807) is 6.92 Å². The maximum Gasteiger partial charge on any atom is 0.341 e. The van der Waals surface area contributed by atoms with Crippen LogP contribution in [-0.2, 0) is 9.53 Å². The number of unbranched alkanes of at least 4 members (excludes halogenated alkanes) is 14. The number of halogens is 3. The van der Waals surface area contributed by atoms with Crippen LogP contribution in [0.5, 0.6) is 0 Å². The highest BCUT2D eigenvalue weighted by molar-refractivity contribution is 7.64. The number of ether oxygens (including phenoxy) is 1. The van der Waals surface area contributed by atoms with Gasteiger partial charge in [-0.2, -0.15) is 0 Å². The second-order valence-corrected chi connectivity index (χ2v) is 16.9. The van der Waals surface area contributed by atoms with Crippen molar-refractivity contribution in [3.05, 3.63) is 12.2 Å². The van der Waals surface area contributed by atoms with Gasteiger partial charge in [-0.3, -0.25) is 0 Å². The summed E-state index contributed by atoms with van der Waals surface area (Å²) in [5.74, 6) is -0.267. The topological polar surface area (TPSA) is 26.3 Å². The molecule has 0 amide bonds. The first-order chi connectivity index (χ1) is 12.8. The van der Waals surface area contributed by atoms with Crippen molar-refractivity contribution in [2.24, 2.45) is 0 Å². The first kappa shape index (κ1) is 27.3. The van der Waals surface area contributed by atoms with Crippen LogP contribution in [0.25, 0.3) is 0 Å². The largest absolute Gasteiger partial charge is 0.462 e. The summed E-state index contributed by atoms with van der Waals surface area (Å²) in [7, 11) is 0. The molecule has 0 aromatic heterocycles. The highest BCUT2D eigenvalue weighted by atomic mass is 35.8. The lowest BCUT2D eigenvalue weighted by Gasteiger charge is -2.07. The second-order valence-electron chi connectivity index (χ2n) is 7.58. The van der Waals surface area contributed by atoms with Crippen molar-refractivity contribution >= 4 is 45.2 Å². The smallest absolute Gasteiger partial charge is 0.341 e. The van der Waals surface area contributed by atoms with Crippen LogP contribution in [0.4, 0.5) is 0 Å². The van der Waals surface area contributed by atoms with E-state index in [4.69, 9.17) is 38.0 Å². The monoisotopic (exact) mass is 456 g/mol. The molecule has 0 fully saturated rings. The van der Waals surface area contributed by atoms with Crippen molar-refractivity contribution in [2.75, 3.05) is 6.61 Å². The molecule has 0 rings (SSSR count). The molecule has 0 N–H and O–H groups in total. The quantitative estimate of drug-likeness (QED) is 0.0637. The van der Waals surface area contributed by atoms with Crippen LogP contribution in [0.3, 0.4) is 0 Å². The average molecular weight is 458 g/mol. The zero-order valence-corrected chi connectivity index (χ0v) is 20.4. The van der Waals surface area contributed by atoms with E-state index in [2.05, 4.69) is 6.58 Å². The van der Waals surface area contributed by atoms with E-state index in [1.807, 2.05) is 0 Å². The third kappa shape index (κ3) is 22.4. The van der Waals surface area contributed by atoms with E-state index in [0.29, 0.717) is 12.2 Å². The van der Waals surface area contributed by atoms with Gasteiger partial charge < -0.3 is 4.74 Å². The van der Waals surface area contributed by atoms with Crippen molar-refractivity contribution in [1.82, 2.24) is 0 Å². The van der Waals surface area contributed by atoms with Crippen LogP contribution in [0.15, 0.2) is 12.2 Å². The van der Waals surface area contributed by atoms with Crippen molar-refractivity contribution < 1.29 is 9.53 Å². The predicted molar refractivity (Wildman–Crippen MR) is 123 cm³/mol. The lowest BCUT2D eigenvalue weighted by Crippen LogP contribution is -2.07. The standard InChI is InChI=1S/C21H39Cl3O2Si/c1-20(2)21(25)26-18-16-14-12-10-8-6-4-3-5-7-9-11-13-15-17-19-27(22,23)24/h1,3-19H2,2H3. The second kappa shape index (κ2) is 18.3. The first-order valence-corrected chi connectivity index (χ1v) is 16.0. The summed E-state index contributed by atoms with van der Waals surface area (Å²) in [5.41, 5.74) is 0.480. The Balaban J connectivity index is 3.11. The molecule has 2 nitrogen and oxygen atoms in total. The zero-order chi connectivity index (χ0) is 20.4. The minimum atomic E-state index is -2.38. The van der Waals surface area contributed by atoms with Gasteiger partial charge in [-0.15, -0.1) is 33.2 Å². The zero-order valence-electron chi connectivity index (χ0n) is 17.2. The maximum absolute atomic E-state index is 11.2. The lowest BCUT2D eigenvalue weighted by atomic mass is 10.0. The fraction of sp³-hybridized carbons (Fsp3) is 0.857. The van der Waals surface area contributed by atoms with Crippen LogP contribution < -0.4 is 0 Å². The van der Waals surface area contributed by atoms with Gasteiger partial charge in [0.05, 0.1) is 6.61 Å². The summed E-state index contributed by atoms with van der Waals surface area (Å²) < 4.78 is 5.08. The summed E-state index contributed by atoms with van der Waals surface area (Å²) in [6, 6.07) is -1.57. The normalized spacial score (nSPS) is 11.6. The Morgan fingerprint density at radius 1 is 0.704 bits per heavy atom. The maximum atomic E-state index is 11.2. The van der Waals surface area contributed by atoms with Crippen molar-refractivity contribution in [3.8, 4) is 0 Å². The number of hydrogen-bond acceptors (Lipinski definition) is 2. The molecule has 0 aromatic rings. The molecule has 0 aliphatic rings. The molecule has 0 bridgehead atoms. The van der Waals surface area contributed by atoms with Crippen LogP contribution >= 0.6 is 33.2 Å². The molecule has 0 radical (unpaired) electrons. The van der Waals surface area contributed by atoms with E-state index in [0.717, 1.165) is 25.3 Å². The molecule has 0 unspecified atom stereocenters. The van der Waals surface area contributed by atoms with Gasteiger partial charge in [-0.25, -0.2) is 4.79 Å². The Morgan fingerprint density at radius 2 is 1.04 bits per heavy atom. The van der Waals surface area contributed by atoms with Gasteiger partial charge in [-0.1, -0.05) is 96.5 Å². The van der Waals surface area contributed by atoms with Gasteiger partial charge in [0.15, 0.2) is 0 Å². The molecule has 0 spiro atoms. The number of hydrogen-bond donors (Lipinski definition) is 0. The van der Waals surface area contributed by atoms with E-state index < -0.39 is 6.00 Å². The SMILES string of the molecule is C=C(C)C(=O)OCCCCCCCCCCCCCCCCC[Si](Cl)(Cl)Cl. The molecule has 0 saturated heterocycles. The summed E-state index contributed by atoms with van der Waals surface area (Å²) >= 11 is 17.6. The van der Waals surface area contributed by atoms with E-state index in [9.17, 15) is 4.79 Å². The number of carbonyl (C=O) groups is 1. The minimum Gasteiger partial charge on any atom is -0.462 e. The molecule has 0 aromatic carbocycles. The number of esters is 1. The fourth-order valence-electron chi connectivity index (χ4n) is 3.01. The van der Waals surface area contributed by atoms with Gasteiger partial charge in [0.2, 0.25) is 0 Å². The molecule has 0 aliphatic carbocycles. The highest BCUT2D eigenvalue weighted by Gasteiger charge is 2.23. The summed E-state index contributed by atoms with van der Waals surface area (Å²) in [6.45, 7) is 5.78. The van der Waals surface area contributed by atoms with Crippen LogP contribution in [0.1, 0.15) is 103 Å². The fourth-order valence-corrected chi connectivity index (χ4v) is 4.87. The molecule has 160 valence electrons. The van der Waals surface area contributed by atoms with Crippen LogP contribution in [0.2, 0.25) is 6.04 Å². The summed E-state index contributed by atoms with van der Waals surface area (Å²) in [4.78, 5) is 11.2. The van der Waals surface area contributed by atoms with E-state index in [1.165, 1.54) is 77.0 Å². The third-order valence-electron chi connectivity index (χ3n) is 4.69. The van der Waals surface area contributed by atoms with Crippen LogP contribution in [-0.4, -0.2) is 18.6 Å². The van der Waals surface area contributed by atoms with Gasteiger partial charge in [0, 0.05) is 5.57 Å². The van der Waals surface area contributed by atoms with Crippen molar-refractivity contribution in [2.45, 2.75) is 109 Å². The van der Waals surface area contributed by atoms with Gasteiger partial charge in [-0.05, 0) is 19.4 Å². The predicted octanol–water partition coefficient (Wildman–Crippen LogP) is 8.61. The summed E-state index contributed by atoms with van der Waals surface area (Å²) in [6.07, 6.45) is 19.0. The van der Waals surface area contributed by atoms with Crippen LogP contribution in [0, 0.1) is 0 Å². The van der Waals surface area contributed by atoms with Crippen molar-refractivity contribution in [1.29, 1.82) is 0 Å². The van der Waals surface area contributed by atoms with Gasteiger partial charge in [0.1, 0.15) is 0 Å². The van der Waals surface area contributed by atoms with Gasteiger partial charge in [0.25, 0.3) is 0 Å². The highest BCUT2D eigenvalue weighted by Crippen LogP contribution is 2.27. The number of carbonyl (C=O) groups excluding carboxylic acids is 1. The minimum absolute atomic E-state index is 0.267. The van der Waals surface area contributed by atoms with E-state index >= 15 is 0 Å². The molecule has 0 saturated carbocycles. The molecular formula is C21H39Cl3O2Si. The Morgan fingerprint density at radius 3 is 1.37 bits per heavy atom. The number of rotatable bonds is 19. The Kier molecular flexibility index (Phi) is 18.5.